The topological polar surface area (TPSA) is 99.9 Å². The lowest BCUT2D eigenvalue weighted by Crippen LogP contribution is -2.39. The van der Waals surface area contributed by atoms with Crippen molar-refractivity contribution in [3.8, 4) is 0 Å². The summed E-state index contributed by atoms with van der Waals surface area (Å²) in [5.74, 6) is -1.21. The molecule has 26 heavy (non-hydrogen) atoms. The van der Waals surface area contributed by atoms with E-state index in [2.05, 4.69) is 0 Å². The van der Waals surface area contributed by atoms with Gasteiger partial charge in [0.1, 0.15) is 5.56 Å². The van der Waals surface area contributed by atoms with Gasteiger partial charge in [0.15, 0.2) is 0 Å². The van der Waals surface area contributed by atoms with Gasteiger partial charge in [-0.05, 0) is 30.4 Å². The Labute approximate surface area is 151 Å². The number of hydrogen-bond donors (Lipinski definition) is 1. The molecule has 1 unspecified atom stereocenters. The third kappa shape index (κ3) is 3.23. The number of fused-ring (bicyclic) bond motifs is 1. The lowest BCUT2D eigenvalue weighted by atomic mass is 9.96. The highest BCUT2D eigenvalue weighted by Gasteiger charge is 2.29. The van der Waals surface area contributed by atoms with Crippen LogP contribution in [0.15, 0.2) is 11.0 Å². The number of carboxylic acid groups (broad SMARTS) is 1. The van der Waals surface area contributed by atoms with Gasteiger partial charge in [-0.3, -0.25) is 14.4 Å². The molecule has 1 aromatic heterocycles. The van der Waals surface area contributed by atoms with E-state index in [4.69, 9.17) is 0 Å². The van der Waals surface area contributed by atoms with Crippen LogP contribution in [0.3, 0.4) is 0 Å². The van der Waals surface area contributed by atoms with E-state index in [1.54, 1.807) is 23.0 Å². The van der Waals surface area contributed by atoms with Crippen molar-refractivity contribution in [2.75, 3.05) is 13.6 Å². The maximum atomic E-state index is 12.7. The minimum atomic E-state index is -1.23. The molecule has 2 amide bonds. The first-order chi connectivity index (χ1) is 12.3. The zero-order valence-corrected chi connectivity index (χ0v) is 15.0. The number of carbonyl (C=O) groups is 3. The molecule has 0 aliphatic carbocycles. The molecule has 3 rings (SSSR count). The fourth-order valence-electron chi connectivity index (χ4n) is 3.86. The number of aromatic nitrogens is 1. The molecule has 0 bridgehead atoms. The molecule has 1 atom stereocenters. The predicted molar refractivity (Wildman–Crippen MR) is 92.9 cm³/mol. The van der Waals surface area contributed by atoms with Gasteiger partial charge in [0.25, 0.3) is 5.56 Å². The maximum absolute atomic E-state index is 12.7. The van der Waals surface area contributed by atoms with Gasteiger partial charge in [0.2, 0.25) is 11.8 Å². The van der Waals surface area contributed by atoms with E-state index in [1.165, 1.54) is 11.5 Å². The van der Waals surface area contributed by atoms with Crippen LogP contribution in [0.25, 0.3) is 0 Å². The molecule has 0 spiro atoms. The maximum Gasteiger partial charge on any atom is 0.341 e. The number of amides is 2. The zero-order chi connectivity index (χ0) is 19.0. The van der Waals surface area contributed by atoms with Crippen LogP contribution in [0.5, 0.6) is 0 Å². The van der Waals surface area contributed by atoms with Crippen molar-refractivity contribution in [1.29, 1.82) is 0 Å². The number of carboxylic acids is 1. The van der Waals surface area contributed by atoms with E-state index in [1.807, 2.05) is 0 Å². The molecule has 3 heterocycles. The summed E-state index contributed by atoms with van der Waals surface area (Å²) in [7, 11) is 1.75. The Hall–Kier alpha value is -2.64. The number of likely N-dealkylation sites (tertiary alicyclic amines) is 1. The van der Waals surface area contributed by atoms with Crippen LogP contribution < -0.4 is 5.56 Å². The molecule has 8 heteroatoms. The van der Waals surface area contributed by atoms with E-state index in [0.717, 1.165) is 6.42 Å². The highest BCUT2D eigenvalue weighted by molar-refractivity contribution is 5.89. The lowest BCUT2D eigenvalue weighted by Gasteiger charge is -2.29. The van der Waals surface area contributed by atoms with Crippen LogP contribution in [0.4, 0.5) is 0 Å². The second-order valence-electron chi connectivity index (χ2n) is 6.99. The average Bonchev–Trinajstić information content (AvgIpc) is 2.91. The van der Waals surface area contributed by atoms with Crippen LogP contribution in [-0.2, 0) is 29.1 Å². The van der Waals surface area contributed by atoms with Gasteiger partial charge in [0.05, 0.1) is 0 Å². The van der Waals surface area contributed by atoms with Crippen LogP contribution in [0.2, 0.25) is 0 Å². The second kappa shape index (κ2) is 6.93. The van der Waals surface area contributed by atoms with E-state index in [9.17, 15) is 24.3 Å². The van der Waals surface area contributed by atoms with Gasteiger partial charge < -0.3 is 19.5 Å². The molecule has 2 aliphatic heterocycles. The second-order valence-corrected chi connectivity index (χ2v) is 6.99. The summed E-state index contributed by atoms with van der Waals surface area (Å²) < 4.78 is 1.42. The van der Waals surface area contributed by atoms with Gasteiger partial charge >= 0.3 is 5.97 Å². The van der Waals surface area contributed by atoms with Crippen molar-refractivity contribution in [2.24, 2.45) is 0 Å². The number of carbonyl (C=O) groups excluding carboxylic acids is 2. The van der Waals surface area contributed by atoms with Gasteiger partial charge in [-0.2, -0.15) is 0 Å². The summed E-state index contributed by atoms with van der Waals surface area (Å²) in [5.41, 5.74) is 0.532. The standard InChI is InChI=1S/C18H23N3O5/c1-11(22)20-8-6-14-12(9-20)10-21(17(24)16(14)18(25)26)7-5-13-3-4-15(23)19(13)2/h10,13H,3-9H2,1-2H3,(H,25,26). The molecule has 1 N–H and O–H groups in total. The van der Waals surface area contributed by atoms with Crippen molar-refractivity contribution in [3.05, 3.63) is 33.2 Å². The largest absolute Gasteiger partial charge is 0.477 e. The summed E-state index contributed by atoms with van der Waals surface area (Å²) in [6, 6.07) is 0.0624. The molecule has 1 aromatic rings. The van der Waals surface area contributed by atoms with Gasteiger partial charge in [-0.15, -0.1) is 0 Å². The molecule has 2 aliphatic rings. The number of pyridine rings is 1. The minimum Gasteiger partial charge on any atom is -0.477 e. The first-order valence-electron chi connectivity index (χ1n) is 8.79. The predicted octanol–water partition coefficient (Wildman–Crippen LogP) is 0.462. The normalized spacial score (nSPS) is 19.6. The quantitative estimate of drug-likeness (QED) is 0.840. The Morgan fingerprint density at radius 2 is 2.00 bits per heavy atom. The lowest BCUT2D eigenvalue weighted by molar-refractivity contribution is -0.130. The Bertz CT molecular complexity index is 829. The first kappa shape index (κ1) is 18.2. The van der Waals surface area contributed by atoms with Crippen molar-refractivity contribution in [1.82, 2.24) is 14.4 Å². The number of aromatic carboxylic acids is 1. The summed E-state index contributed by atoms with van der Waals surface area (Å²) in [5, 5.41) is 9.53. The average molecular weight is 361 g/mol. The van der Waals surface area contributed by atoms with Crippen LogP contribution in [-0.4, -0.2) is 56.9 Å². The Kier molecular flexibility index (Phi) is 4.84. The molecule has 1 saturated heterocycles. The fourth-order valence-corrected chi connectivity index (χ4v) is 3.86. The van der Waals surface area contributed by atoms with Crippen molar-refractivity contribution >= 4 is 17.8 Å². The molecule has 8 nitrogen and oxygen atoms in total. The SMILES string of the molecule is CC(=O)N1CCc2c(cn(CCC3CCC(=O)N3C)c(=O)c2C(=O)O)C1. The smallest absolute Gasteiger partial charge is 0.341 e. The highest BCUT2D eigenvalue weighted by Crippen LogP contribution is 2.23. The fraction of sp³-hybridized carbons (Fsp3) is 0.556. The van der Waals surface area contributed by atoms with Gasteiger partial charge in [0, 0.05) is 52.3 Å². The van der Waals surface area contributed by atoms with E-state index >= 15 is 0 Å². The van der Waals surface area contributed by atoms with E-state index in [-0.39, 0.29) is 23.4 Å². The molecular weight excluding hydrogens is 338 g/mol. The minimum absolute atomic E-state index is 0.0624. The highest BCUT2D eigenvalue weighted by atomic mass is 16.4. The summed E-state index contributed by atoms with van der Waals surface area (Å²) in [4.78, 5) is 51.0. The van der Waals surface area contributed by atoms with Crippen LogP contribution in [0.1, 0.15) is 47.7 Å². The Balaban J connectivity index is 1.91. The monoisotopic (exact) mass is 361 g/mol. The van der Waals surface area contributed by atoms with Gasteiger partial charge in [-0.25, -0.2) is 4.79 Å². The summed E-state index contributed by atoms with van der Waals surface area (Å²) >= 11 is 0. The van der Waals surface area contributed by atoms with Crippen molar-refractivity contribution < 1.29 is 19.5 Å². The van der Waals surface area contributed by atoms with Crippen molar-refractivity contribution in [3.63, 3.8) is 0 Å². The Morgan fingerprint density at radius 1 is 1.27 bits per heavy atom. The Morgan fingerprint density at radius 3 is 2.58 bits per heavy atom. The molecule has 0 radical (unpaired) electrons. The molecule has 1 fully saturated rings. The molecule has 0 saturated carbocycles. The first-order valence-corrected chi connectivity index (χ1v) is 8.79. The molecule has 0 aromatic carbocycles. The molecule has 140 valence electrons. The summed E-state index contributed by atoms with van der Waals surface area (Å²) in [6.07, 6.45) is 3.89. The zero-order valence-electron chi connectivity index (χ0n) is 15.0. The third-order valence-electron chi connectivity index (χ3n) is 5.46. The number of aryl methyl sites for hydroxylation is 1. The summed E-state index contributed by atoms with van der Waals surface area (Å²) in [6.45, 7) is 2.55. The number of nitrogens with zero attached hydrogens (tertiary/aromatic N) is 3. The van der Waals surface area contributed by atoms with Crippen LogP contribution in [0, 0.1) is 0 Å². The van der Waals surface area contributed by atoms with Crippen molar-refractivity contribution in [2.45, 2.75) is 51.7 Å². The number of hydrogen-bond acceptors (Lipinski definition) is 4. The third-order valence-corrected chi connectivity index (χ3v) is 5.46. The molecular formula is C18H23N3O5. The number of rotatable bonds is 4. The van der Waals surface area contributed by atoms with Crippen LogP contribution >= 0.6 is 0 Å². The van der Waals surface area contributed by atoms with E-state index < -0.39 is 11.5 Å². The van der Waals surface area contributed by atoms with Gasteiger partial charge in [-0.1, -0.05) is 0 Å². The van der Waals surface area contributed by atoms with E-state index in [0.29, 0.717) is 50.0 Å².